The van der Waals surface area contributed by atoms with Crippen molar-refractivity contribution in [1.82, 2.24) is 4.98 Å². The van der Waals surface area contributed by atoms with Crippen LogP contribution in [-0.4, -0.2) is 28.0 Å². The minimum absolute atomic E-state index is 0.0711. The van der Waals surface area contributed by atoms with Gasteiger partial charge in [0.05, 0.1) is 4.92 Å². The summed E-state index contributed by atoms with van der Waals surface area (Å²) < 4.78 is 0.629. The molecule has 0 aliphatic carbocycles. The maximum absolute atomic E-state index is 11.2. The fourth-order valence-electron chi connectivity index (χ4n) is 3.32. The third-order valence-electron chi connectivity index (χ3n) is 4.02. The first-order valence-electron chi connectivity index (χ1n) is 6.40. The number of pyridine rings is 1. The molecule has 19 heavy (non-hydrogen) atoms. The second-order valence-electron chi connectivity index (χ2n) is 5.28. The summed E-state index contributed by atoms with van der Waals surface area (Å²) in [4.78, 5) is 17.3. The first kappa shape index (κ1) is 12.8. The van der Waals surface area contributed by atoms with Crippen molar-refractivity contribution in [3.05, 3.63) is 26.9 Å². The Bertz CT molecular complexity index is 510. The molecule has 3 rings (SSSR count). The maximum atomic E-state index is 11.2. The zero-order chi connectivity index (χ0) is 13.6. The monoisotopic (exact) mass is 326 g/mol. The van der Waals surface area contributed by atoms with Crippen molar-refractivity contribution in [2.24, 2.45) is 5.73 Å². The lowest BCUT2D eigenvalue weighted by atomic mass is 9.98. The predicted molar refractivity (Wildman–Crippen MR) is 75.1 cm³/mol. The van der Waals surface area contributed by atoms with Crippen molar-refractivity contribution in [2.45, 2.75) is 43.8 Å². The fourth-order valence-corrected chi connectivity index (χ4v) is 3.64. The van der Waals surface area contributed by atoms with Crippen molar-refractivity contribution >= 4 is 27.4 Å². The zero-order valence-corrected chi connectivity index (χ0v) is 11.9. The molecule has 0 amide bonds. The molecule has 2 unspecified atom stereocenters. The second-order valence-corrected chi connectivity index (χ2v) is 6.19. The van der Waals surface area contributed by atoms with Crippen LogP contribution in [0.3, 0.4) is 0 Å². The number of hydrogen-bond donors (Lipinski definition) is 1. The Morgan fingerprint density at radius 1 is 1.42 bits per heavy atom. The third-order valence-corrected chi connectivity index (χ3v) is 4.46. The molecule has 0 aromatic carbocycles. The van der Waals surface area contributed by atoms with E-state index in [1.54, 1.807) is 6.20 Å². The Kier molecular flexibility index (Phi) is 3.18. The molecule has 2 N–H and O–H groups in total. The third kappa shape index (κ3) is 2.21. The van der Waals surface area contributed by atoms with Gasteiger partial charge in [-0.15, -0.1) is 0 Å². The average molecular weight is 327 g/mol. The number of hydrogen-bond acceptors (Lipinski definition) is 5. The molecule has 2 fully saturated rings. The summed E-state index contributed by atoms with van der Waals surface area (Å²) >= 11 is 3.24. The average Bonchev–Trinajstić information content (AvgIpc) is 2.62. The van der Waals surface area contributed by atoms with E-state index in [0.29, 0.717) is 22.4 Å². The number of nitrogens with two attached hydrogens (primary N) is 1. The van der Waals surface area contributed by atoms with Gasteiger partial charge in [-0.25, -0.2) is 4.98 Å². The Morgan fingerprint density at radius 3 is 2.63 bits per heavy atom. The van der Waals surface area contributed by atoms with Crippen LogP contribution in [-0.2, 0) is 0 Å². The molecule has 6 nitrogen and oxygen atoms in total. The van der Waals surface area contributed by atoms with Crippen LogP contribution in [0.4, 0.5) is 11.5 Å². The molecule has 2 aliphatic heterocycles. The highest BCUT2D eigenvalue weighted by molar-refractivity contribution is 9.10. The smallest absolute Gasteiger partial charge is 0.312 e. The molecule has 2 aliphatic rings. The van der Waals surface area contributed by atoms with Gasteiger partial charge < -0.3 is 10.6 Å². The molecule has 3 heterocycles. The molecule has 7 heteroatoms. The van der Waals surface area contributed by atoms with Crippen molar-refractivity contribution in [3.63, 3.8) is 0 Å². The molecule has 2 atom stereocenters. The van der Waals surface area contributed by atoms with Crippen LogP contribution in [0.5, 0.6) is 0 Å². The van der Waals surface area contributed by atoms with Crippen molar-refractivity contribution in [2.75, 3.05) is 4.90 Å². The molecule has 1 aromatic heterocycles. The van der Waals surface area contributed by atoms with Gasteiger partial charge >= 0.3 is 5.69 Å². The van der Waals surface area contributed by atoms with Crippen LogP contribution in [0.2, 0.25) is 0 Å². The van der Waals surface area contributed by atoms with Gasteiger partial charge in [0.2, 0.25) is 5.82 Å². The fraction of sp³-hybridized carbons (Fsp3) is 0.583. The number of piperidine rings is 1. The lowest BCUT2D eigenvalue weighted by Gasteiger charge is -2.38. The van der Waals surface area contributed by atoms with Crippen molar-refractivity contribution in [3.8, 4) is 0 Å². The quantitative estimate of drug-likeness (QED) is 0.665. The van der Waals surface area contributed by atoms with Crippen LogP contribution in [0.25, 0.3) is 0 Å². The van der Waals surface area contributed by atoms with E-state index >= 15 is 0 Å². The lowest BCUT2D eigenvalue weighted by molar-refractivity contribution is -0.384. The van der Waals surface area contributed by atoms with Gasteiger partial charge in [0.15, 0.2) is 0 Å². The number of anilines is 1. The topological polar surface area (TPSA) is 85.3 Å². The van der Waals surface area contributed by atoms with Gasteiger partial charge in [0.25, 0.3) is 0 Å². The maximum Gasteiger partial charge on any atom is 0.312 e. The van der Waals surface area contributed by atoms with Gasteiger partial charge in [-0.1, -0.05) is 0 Å². The summed E-state index contributed by atoms with van der Waals surface area (Å²) in [6.45, 7) is 0. The second kappa shape index (κ2) is 4.72. The van der Waals surface area contributed by atoms with E-state index in [0.717, 1.165) is 25.7 Å². The Hall–Kier alpha value is -1.21. The Labute approximate surface area is 119 Å². The molecule has 2 bridgehead atoms. The first-order chi connectivity index (χ1) is 9.06. The minimum atomic E-state index is -0.360. The molecule has 102 valence electrons. The number of fused-ring (bicyclic) bond motifs is 2. The summed E-state index contributed by atoms with van der Waals surface area (Å²) in [6.07, 6.45) is 5.51. The normalized spacial score (nSPS) is 29.6. The van der Waals surface area contributed by atoms with Crippen LogP contribution >= 0.6 is 15.9 Å². The Balaban J connectivity index is 2.01. The largest absolute Gasteiger partial charge is 0.345 e. The van der Waals surface area contributed by atoms with Crippen molar-refractivity contribution < 1.29 is 4.92 Å². The van der Waals surface area contributed by atoms with Crippen LogP contribution in [0.1, 0.15) is 25.7 Å². The van der Waals surface area contributed by atoms with E-state index in [-0.39, 0.29) is 16.7 Å². The van der Waals surface area contributed by atoms with Crippen LogP contribution < -0.4 is 10.6 Å². The SMILES string of the molecule is NC1CC2CCC(C1)N2c1ncc(Br)cc1[N+](=O)[O-]. The molecule has 0 radical (unpaired) electrons. The number of halogens is 1. The summed E-state index contributed by atoms with van der Waals surface area (Å²) in [5.41, 5.74) is 6.10. The van der Waals surface area contributed by atoms with E-state index in [2.05, 4.69) is 25.8 Å². The summed E-state index contributed by atoms with van der Waals surface area (Å²) in [5, 5.41) is 11.2. The first-order valence-corrected chi connectivity index (χ1v) is 7.19. The summed E-state index contributed by atoms with van der Waals surface area (Å²) in [7, 11) is 0. The van der Waals surface area contributed by atoms with Gasteiger partial charge in [-0.3, -0.25) is 10.1 Å². The molecule has 0 spiro atoms. The predicted octanol–water partition coefficient (Wildman–Crippen LogP) is 2.21. The number of aromatic nitrogens is 1. The highest BCUT2D eigenvalue weighted by Gasteiger charge is 2.42. The highest BCUT2D eigenvalue weighted by Crippen LogP contribution is 2.41. The molecular weight excluding hydrogens is 312 g/mol. The number of nitro groups is 1. The molecule has 1 aromatic rings. The summed E-state index contributed by atoms with van der Waals surface area (Å²) in [5.74, 6) is 0.493. The molecular formula is C12H15BrN4O2. The number of rotatable bonds is 2. The number of nitrogens with zero attached hydrogens (tertiary/aromatic N) is 3. The van der Waals surface area contributed by atoms with Crippen LogP contribution in [0.15, 0.2) is 16.7 Å². The molecule has 2 saturated heterocycles. The standard InChI is InChI=1S/C12H15BrN4O2/c13-7-3-11(17(18)19)12(15-6-7)16-9-1-2-10(16)5-8(14)4-9/h3,6,8-10H,1-2,4-5,14H2. The van der Waals surface area contributed by atoms with Gasteiger partial charge in [-0.2, -0.15) is 0 Å². The van der Waals surface area contributed by atoms with Crippen LogP contribution in [0, 0.1) is 10.1 Å². The van der Waals surface area contributed by atoms with E-state index < -0.39 is 0 Å². The zero-order valence-electron chi connectivity index (χ0n) is 10.3. The van der Waals surface area contributed by atoms with E-state index in [1.165, 1.54) is 6.07 Å². The van der Waals surface area contributed by atoms with E-state index in [1.807, 2.05) is 0 Å². The Morgan fingerprint density at radius 2 is 2.05 bits per heavy atom. The molecule has 0 saturated carbocycles. The van der Waals surface area contributed by atoms with Crippen molar-refractivity contribution in [1.29, 1.82) is 0 Å². The highest BCUT2D eigenvalue weighted by atomic mass is 79.9. The van der Waals surface area contributed by atoms with Gasteiger partial charge in [-0.05, 0) is 41.6 Å². The minimum Gasteiger partial charge on any atom is -0.345 e. The summed E-state index contributed by atoms with van der Waals surface area (Å²) in [6, 6.07) is 2.32. The van der Waals surface area contributed by atoms with E-state index in [4.69, 9.17) is 5.73 Å². The lowest BCUT2D eigenvalue weighted by Crippen LogP contribution is -2.48. The van der Waals surface area contributed by atoms with Gasteiger partial charge in [0.1, 0.15) is 0 Å². The van der Waals surface area contributed by atoms with Gasteiger partial charge in [0, 0.05) is 34.9 Å². The van der Waals surface area contributed by atoms with E-state index in [9.17, 15) is 10.1 Å².